The lowest BCUT2D eigenvalue weighted by Gasteiger charge is -2.17. The van der Waals surface area contributed by atoms with Gasteiger partial charge in [0.1, 0.15) is 5.58 Å². The molecule has 98 valence electrons. The van der Waals surface area contributed by atoms with Gasteiger partial charge in [0.25, 0.3) is 0 Å². The van der Waals surface area contributed by atoms with Crippen molar-refractivity contribution in [1.82, 2.24) is 4.90 Å². The molecule has 2 aliphatic heterocycles. The van der Waals surface area contributed by atoms with Gasteiger partial charge in [-0.05, 0) is 19.1 Å². The van der Waals surface area contributed by atoms with E-state index in [1.165, 1.54) is 21.6 Å². The van der Waals surface area contributed by atoms with Crippen molar-refractivity contribution < 1.29 is 4.42 Å². The van der Waals surface area contributed by atoms with E-state index in [1.54, 1.807) is 18.0 Å². The van der Waals surface area contributed by atoms with E-state index in [9.17, 15) is 0 Å². The summed E-state index contributed by atoms with van der Waals surface area (Å²) in [6.45, 7) is 4.06. The third-order valence-electron chi connectivity index (χ3n) is 3.40. The van der Waals surface area contributed by atoms with Crippen LogP contribution in [0.4, 0.5) is 0 Å². The van der Waals surface area contributed by atoms with E-state index in [0.717, 1.165) is 23.8 Å². The van der Waals surface area contributed by atoms with Crippen LogP contribution in [0.5, 0.6) is 0 Å². The Labute approximate surface area is 126 Å². The number of hydrogen-bond donors (Lipinski definition) is 0. The SMILES string of the molecule is Br.CC1=C(c2cccc3occc23)N2CCN=C2S1. The number of furan rings is 1. The summed E-state index contributed by atoms with van der Waals surface area (Å²) in [5, 5.41) is 2.32. The number of nitrogens with zero attached hydrogens (tertiary/aromatic N) is 2. The first kappa shape index (κ1) is 12.8. The average molecular weight is 337 g/mol. The molecule has 2 aliphatic rings. The molecular formula is C14H13BrN2OS. The largest absolute Gasteiger partial charge is 0.464 e. The van der Waals surface area contributed by atoms with Gasteiger partial charge in [-0.2, -0.15) is 0 Å². The van der Waals surface area contributed by atoms with Crippen molar-refractivity contribution in [2.45, 2.75) is 6.92 Å². The van der Waals surface area contributed by atoms with Crippen molar-refractivity contribution in [2.75, 3.05) is 13.1 Å². The number of hydrogen-bond acceptors (Lipinski definition) is 4. The number of benzene rings is 1. The third kappa shape index (κ3) is 1.83. The van der Waals surface area contributed by atoms with Gasteiger partial charge in [0, 0.05) is 22.4 Å². The van der Waals surface area contributed by atoms with Crippen LogP contribution in [0.25, 0.3) is 16.7 Å². The maximum atomic E-state index is 5.49. The molecular weight excluding hydrogens is 324 g/mol. The Hall–Kier alpha value is -1.20. The molecule has 0 aliphatic carbocycles. The maximum absolute atomic E-state index is 5.49. The highest BCUT2D eigenvalue weighted by Gasteiger charge is 2.31. The van der Waals surface area contributed by atoms with Gasteiger partial charge in [-0.25, -0.2) is 0 Å². The van der Waals surface area contributed by atoms with Crippen molar-refractivity contribution in [3.8, 4) is 0 Å². The molecule has 3 heterocycles. The van der Waals surface area contributed by atoms with Crippen LogP contribution in [-0.4, -0.2) is 23.2 Å². The summed E-state index contributed by atoms with van der Waals surface area (Å²) in [6.07, 6.45) is 1.76. The monoisotopic (exact) mass is 336 g/mol. The first-order valence-corrected chi connectivity index (χ1v) is 6.83. The third-order valence-corrected chi connectivity index (χ3v) is 4.43. The number of allylic oxidation sites excluding steroid dienone is 1. The van der Waals surface area contributed by atoms with Crippen LogP contribution in [0, 0.1) is 0 Å². The van der Waals surface area contributed by atoms with E-state index >= 15 is 0 Å². The summed E-state index contributed by atoms with van der Waals surface area (Å²) in [5.74, 6) is 0. The van der Waals surface area contributed by atoms with E-state index in [1.807, 2.05) is 12.1 Å². The molecule has 1 aromatic heterocycles. The summed E-state index contributed by atoms with van der Waals surface area (Å²) >= 11 is 1.78. The van der Waals surface area contributed by atoms with E-state index in [4.69, 9.17) is 4.42 Å². The predicted octanol–water partition coefficient (Wildman–Crippen LogP) is 4.12. The Kier molecular flexibility index (Phi) is 3.19. The van der Waals surface area contributed by atoms with Crippen LogP contribution in [0.3, 0.4) is 0 Å². The highest BCUT2D eigenvalue weighted by atomic mass is 79.9. The number of halogens is 1. The fourth-order valence-electron chi connectivity index (χ4n) is 2.63. The molecule has 0 saturated carbocycles. The number of thioether (sulfide) groups is 1. The molecule has 0 radical (unpaired) electrons. The molecule has 0 bridgehead atoms. The van der Waals surface area contributed by atoms with Crippen LogP contribution in [-0.2, 0) is 0 Å². The van der Waals surface area contributed by atoms with Crippen LogP contribution in [0.15, 0.2) is 44.8 Å². The fraction of sp³-hybridized carbons (Fsp3) is 0.214. The maximum Gasteiger partial charge on any atom is 0.168 e. The molecule has 0 fully saturated rings. The first-order chi connectivity index (χ1) is 8.84. The Bertz CT molecular complexity index is 704. The summed E-state index contributed by atoms with van der Waals surface area (Å²) < 4.78 is 5.49. The number of rotatable bonds is 1. The highest BCUT2D eigenvalue weighted by Crippen LogP contribution is 2.43. The lowest BCUT2D eigenvalue weighted by molar-refractivity contribution is 0.615. The topological polar surface area (TPSA) is 28.7 Å². The van der Waals surface area contributed by atoms with E-state index in [-0.39, 0.29) is 17.0 Å². The minimum absolute atomic E-state index is 0. The van der Waals surface area contributed by atoms with E-state index < -0.39 is 0 Å². The molecule has 0 unspecified atom stereocenters. The zero-order chi connectivity index (χ0) is 12.1. The number of aliphatic imine (C=N–C) groups is 1. The van der Waals surface area contributed by atoms with Gasteiger partial charge in [0.15, 0.2) is 5.17 Å². The number of fused-ring (bicyclic) bond motifs is 2. The van der Waals surface area contributed by atoms with Crippen LogP contribution in [0.1, 0.15) is 12.5 Å². The van der Waals surface area contributed by atoms with Gasteiger partial charge in [-0.3, -0.25) is 4.99 Å². The molecule has 5 heteroatoms. The normalized spacial score (nSPS) is 17.7. The zero-order valence-electron chi connectivity index (χ0n) is 10.4. The predicted molar refractivity (Wildman–Crippen MR) is 85.7 cm³/mol. The molecule has 0 saturated heterocycles. The van der Waals surface area contributed by atoms with Crippen LogP contribution in [0.2, 0.25) is 0 Å². The number of amidine groups is 1. The van der Waals surface area contributed by atoms with Crippen molar-refractivity contribution in [2.24, 2.45) is 4.99 Å². The molecule has 0 N–H and O–H groups in total. The molecule has 19 heavy (non-hydrogen) atoms. The van der Waals surface area contributed by atoms with E-state index in [0.29, 0.717) is 0 Å². The lowest BCUT2D eigenvalue weighted by atomic mass is 10.1. The second-order valence-electron chi connectivity index (χ2n) is 4.46. The molecule has 3 nitrogen and oxygen atoms in total. The Balaban J connectivity index is 0.00000110. The average Bonchev–Trinajstić information content (AvgIpc) is 3.02. The van der Waals surface area contributed by atoms with Crippen molar-refractivity contribution in [1.29, 1.82) is 0 Å². The summed E-state index contributed by atoms with van der Waals surface area (Å²) in [5.41, 5.74) is 3.49. The second kappa shape index (κ2) is 4.72. The smallest absolute Gasteiger partial charge is 0.168 e. The molecule has 2 aromatic rings. The molecule has 1 aromatic carbocycles. The molecule has 0 amide bonds. The van der Waals surface area contributed by atoms with Gasteiger partial charge in [0.2, 0.25) is 0 Å². The fourth-order valence-corrected chi connectivity index (χ4v) is 3.67. The summed E-state index contributed by atoms with van der Waals surface area (Å²) in [4.78, 5) is 8.17. The van der Waals surface area contributed by atoms with Crippen molar-refractivity contribution in [3.63, 3.8) is 0 Å². The highest BCUT2D eigenvalue weighted by molar-refractivity contribution is 8.93. The van der Waals surface area contributed by atoms with Crippen LogP contribution >= 0.6 is 28.7 Å². The lowest BCUT2D eigenvalue weighted by Crippen LogP contribution is -2.20. The van der Waals surface area contributed by atoms with Gasteiger partial charge in [-0.1, -0.05) is 23.9 Å². The Morgan fingerprint density at radius 1 is 1.32 bits per heavy atom. The van der Waals surface area contributed by atoms with E-state index in [2.05, 4.69) is 28.9 Å². The van der Waals surface area contributed by atoms with Gasteiger partial charge >= 0.3 is 0 Å². The molecule has 0 atom stereocenters. The molecule has 4 rings (SSSR count). The Morgan fingerprint density at radius 2 is 2.21 bits per heavy atom. The quantitative estimate of drug-likeness (QED) is 0.784. The summed E-state index contributed by atoms with van der Waals surface area (Å²) in [6, 6.07) is 8.27. The molecule has 0 spiro atoms. The minimum atomic E-state index is 0. The first-order valence-electron chi connectivity index (χ1n) is 6.02. The zero-order valence-corrected chi connectivity index (χ0v) is 12.9. The second-order valence-corrected chi connectivity index (χ2v) is 5.64. The minimum Gasteiger partial charge on any atom is -0.464 e. The van der Waals surface area contributed by atoms with Crippen LogP contribution < -0.4 is 0 Å². The van der Waals surface area contributed by atoms with Gasteiger partial charge in [0.05, 0.1) is 18.5 Å². The van der Waals surface area contributed by atoms with Gasteiger partial charge < -0.3 is 9.32 Å². The standard InChI is InChI=1S/C14H12N2OS.BrH/c1-9-13(16-7-6-15-14(16)18-9)11-3-2-4-12-10(11)5-8-17-12;/h2-5,8H,6-7H2,1H3;1H. The van der Waals surface area contributed by atoms with Crippen molar-refractivity contribution in [3.05, 3.63) is 41.0 Å². The van der Waals surface area contributed by atoms with Crippen molar-refractivity contribution >= 4 is 50.6 Å². The summed E-state index contributed by atoms with van der Waals surface area (Å²) in [7, 11) is 0. The van der Waals surface area contributed by atoms with Gasteiger partial charge in [-0.15, -0.1) is 17.0 Å². The Morgan fingerprint density at radius 3 is 3.11 bits per heavy atom.